The van der Waals surface area contributed by atoms with Crippen LogP contribution < -0.4 is 0 Å². The Balaban J connectivity index is 2.08. The minimum atomic E-state index is -4.97. The topological polar surface area (TPSA) is 219 Å². The van der Waals surface area contributed by atoms with E-state index in [0.717, 1.165) is 0 Å². The van der Waals surface area contributed by atoms with E-state index in [1.807, 2.05) is 0 Å². The molecule has 144 valence electrons. The largest absolute Gasteiger partial charge is 0.560 e. The lowest BCUT2D eigenvalue weighted by Gasteiger charge is -2.16. The highest BCUT2D eigenvalue weighted by Gasteiger charge is 2.51. The zero-order chi connectivity index (χ0) is 20.0. The fraction of sp³-hybridized carbons (Fsp3) is 0.444. The summed E-state index contributed by atoms with van der Waals surface area (Å²) in [6.07, 6.45) is -4.13. The first-order valence-electron chi connectivity index (χ1n) is 6.29. The Kier molecular flexibility index (Phi) is 4.75. The van der Waals surface area contributed by atoms with Gasteiger partial charge in [-0.1, -0.05) is 10.1 Å². The summed E-state index contributed by atoms with van der Waals surface area (Å²) in [5, 5.41) is -5.18. The van der Waals surface area contributed by atoms with Crippen LogP contribution in [0.4, 0.5) is 4.79 Å². The number of hydrogen-bond donors (Lipinski definition) is 2. The van der Waals surface area contributed by atoms with Crippen LogP contribution >= 0.6 is 0 Å². The Morgan fingerprint density at radius 2 is 1.12 bits per heavy atom. The smallest absolute Gasteiger partial charge is 0.293 e. The van der Waals surface area contributed by atoms with E-state index in [1.54, 1.807) is 0 Å². The molecule has 2 heterocycles. The van der Waals surface area contributed by atoms with Gasteiger partial charge in [-0.2, -0.15) is 21.6 Å². The molecular weight excluding hydrogens is 408 g/mol. The van der Waals surface area contributed by atoms with Gasteiger partial charge in [-0.15, -0.1) is 0 Å². The lowest BCUT2D eigenvalue weighted by Crippen LogP contribution is -2.41. The number of imide groups is 2. The van der Waals surface area contributed by atoms with Gasteiger partial charge in [-0.25, -0.2) is 0 Å². The molecular formula is C9H8N2O13S2. The minimum absolute atomic E-state index is 0.369. The molecule has 2 aliphatic rings. The van der Waals surface area contributed by atoms with Gasteiger partial charge in [0, 0.05) is 0 Å². The van der Waals surface area contributed by atoms with Gasteiger partial charge in [0.25, 0.3) is 43.9 Å². The summed E-state index contributed by atoms with van der Waals surface area (Å²) in [6, 6.07) is 0. The molecule has 26 heavy (non-hydrogen) atoms. The van der Waals surface area contributed by atoms with E-state index >= 15 is 0 Å². The molecule has 0 aliphatic carbocycles. The van der Waals surface area contributed by atoms with E-state index in [-0.39, 0.29) is 10.1 Å². The van der Waals surface area contributed by atoms with Gasteiger partial charge in [-0.3, -0.25) is 38.0 Å². The Labute approximate surface area is 143 Å². The molecule has 0 spiro atoms. The molecule has 2 saturated heterocycles. The minimum Gasteiger partial charge on any atom is -0.293 e. The SMILES string of the molecule is O=C(ON1C(=O)CC(S(=O)(=O)O)C1=O)ON1C(=O)CC(S(=O)(=O)O)C1=O. The van der Waals surface area contributed by atoms with Crippen molar-refractivity contribution in [2.24, 2.45) is 0 Å². The maximum atomic E-state index is 11.6. The fourth-order valence-corrected chi connectivity index (χ4v) is 3.40. The number of amides is 4. The van der Waals surface area contributed by atoms with Crippen molar-refractivity contribution >= 4 is 50.0 Å². The first-order valence-corrected chi connectivity index (χ1v) is 9.30. The molecule has 2 aliphatic heterocycles. The van der Waals surface area contributed by atoms with Crippen molar-refractivity contribution in [3.05, 3.63) is 0 Å². The van der Waals surface area contributed by atoms with E-state index in [4.69, 9.17) is 9.11 Å². The van der Waals surface area contributed by atoms with Gasteiger partial charge in [0.1, 0.15) is 0 Å². The van der Waals surface area contributed by atoms with Crippen LogP contribution in [0.15, 0.2) is 0 Å². The third kappa shape index (κ3) is 3.64. The predicted molar refractivity (Wildman–Crippen MR) is 71.2 cm³/mol. The second kappa shape index (κ2) is 6.27. The molecule has 4 amide bonds. The van der Waals surface area contributed by atoms with Gasteiger partial charge < -0.3 is 0 Å². The van der Waals surface area contributed by atoms with Crippen LogP contribution in [-0.2, 0) is 49.1 Å². The molecule has 2 unspecified atom stereocenters. The fourth-order valence-electron chi connectivity index (χ4n) is 1.99. The summed E-state index contributed by atoms with van der Waals surface area (Å²) in [6.45, 7) is 0. The van der Waals surface area contributed by atoms with E-state index < -0.39 is 73.4 Å². The van der Waals surface area contributed by atoms with Crippen LogP contribution in [-0.4, -0.2) is 76.4 Å². The molecule has 2 rings (SSSR count). The average Bonchev–Trinajstić information content (AvgIpc) is 2.91. The number of hydrogen-bond acceptors (Lipinski definition) is 11. The normalized spacial score (nSPS) is 24.4. The van der Waals surface area contributed by atoms with Gasteiger partial charge in [-0.05, 0) is 0 Å². The number of carbonyl (C=O) groups excluding carboxylic acids is 5. The Bertz CT molecular complexity index is 845. The maximum absolute atomic E-state index is 11.6. The van der Waals surface area contributed by atoms with Crippen molar-refractivity contribution in [3.63, 3.8) is 0 Å². The molecule has 17 heteroatoms. The molecule has 2 fully saturated rings. The molecule has 2 atom stereocenters. The Morgan fingerprint density at radius 3 is 1.35 bits per heavy atom. The zero-order valence-electron chi connectivity index (χ0n) is 12.2. The molecule has 0 bridgehead atoms. The summed E-state index contributed by atoms with van der Waals surface area (Å²) < 4.78 is 61.3. The van der Waals surface area contributed by atoms with Crippen molar-refractivity contribution in [2.45, 2.75) is 23.3 Å². The first-order chi connectivity index (χ1) is 11.7. The summed E-state index contributed by atoms with van der Waals surface area (Å²) in [7, 11) is -9.95. The second-order valence-electron chi connectivity index (χ2n) is 4.90. The average molecular weight is 416 g/mol. The molecule has 0 aromatic heterocycles. The summed E-state index contributed by atoms with van der Waals surface area (Å²) in [5.41, 5.74) is 0. The number of rotatable bonds is 4. The van der Waals surface area contributed by atoms with Crippen LogP contribution in [0.3, 0.4) is 0 Å². The molecule has 0 radical (unpaired) electrons. The van der Waals surface area contributed by atoms with E-state index in [1.165, 1.54) is 0 Å². The first kappa shape index (κ1) is 19.7. The maximum Gasteiger partial charge on any atom is 0.560 e. The van der Waals surface area contributed by atoms with Crippen LogP contribution in [0, 0.1) is 0 Å². The number of carbonyl (C=O) groups is 5. The van der Waals surface area contributed by atoms with Gasteiger partial charge >= 0.3 is 6.16 Å². The zero-order valence-corrected chi connectivity index (χ0v) is 13.8. The predicted octanol–water partition coefficient (Wildman–Crippen LogP) is -3.00. The molecule has 15 nitrogen and oxygen atoms in total. The molecule has 2 N–H and O–H groups in total. The summed E-state index contributed by atoms with van der Waals surface area (Å²) in [5.74, 6) is -5.98. The number of nitrogens with zero attached hydrogens (tertiary/aromatic N) is 2. The van der Waals surface area contributed by atoms with Gasteiger partial charge in [0.05, 0.1) is 12.8 Å². The summed E-state index contributed by atoms with van der Waals surface area (Å²) >= 11 is 0. The van der Waals surface area contributed by atoms with Crippen LogP contribution in [0.1, 0.15) is 12.8 Å². The Morgan fingerprint density at radius 1 is 0.808 bits per heavy atom. The van der Waals surface area contributed by atoms with Crippen molar-refractivity contribution in [3.8, 4) is 0 Å². The highest BCUT2D eigenvalue weighted by molar-refractivity contribution is 7.87. The van der Waals surface area contributed by atoms with E-state index in [0.29, 0.717) is 0 Å². The van der Waals surface area contributed by atoms with Crippen molar-refractivity contribution < 1.29 is 59.6 Å². The van der Waals surface area contributed by atoms with Gasteiger partial charge in [0.2, 0.25) is 0 Å². The lowest BCUT2D eigenvalue weighted by molar-refractivity contribution is -0.198. The lowest BCUT2D eigenvalue weighted by atomic mass is 10.4. The van der Waals surface area contributed by atoms with Gasteiger partial charge in [0.15, 0.2) is 10.5 Å². The molecule has 0 saturated carbocycles. The Hall–Kier alpha value is -2.63. The van der Waals surface area contributed by atoms with Crippen molar-refractivity contribution in [1.82, 2.24) is 10.1 Å². The van der Waals surface area contributed by atoms with E-state index in [9.17, 15) is 40.8 Å². The van der Waals surface area contributed by atoms with Crippen LogP contribution in [0.5, 0.6) is 0 Å². The van der Waals surface area contributed by atoms with E-state index in [2.05, 4.69) is 9.68 Å². The molecule has 0 aromatic rings. The van der Waals surface area contributed by atoms with Crippen LogP contribution in [0.2, 0.25) is 0 Å². The quantitative estimate of drug-likeness (QED) is 0.345. The molecule has 0 aromatic carbocycles. The standard InChI is InChI=1S/C9H8N2O13S2/c12-5-1-3(25(17,18)19)7(14)10(5)23-9(16)24-11-6(13)2-4(8(11)15)26(20,21)22/h3-4H,1-2H2,(H,17,18,19)(H,20,21,22). The van der Waals surface area contributed by atoms with Crippen molar-refractivity contribution in [1.29, 1.82) is 0 Å². The number of hydroxylamine groups is 4. The summed E-state index contributed by atoms with van der Waals surface area (Å²) in [4.78, 5) is 65.8. The monoisotopic (exact) mass is 416 g/mol. The van der Waals surface area contributed by atoms with Crippen LogP contribution in [0.25, 0.3) is 0 Å². The third-order valence-corrected chi connectivity index (χ3v) is 5.35. The highest BCUT2D eigenvalue weighted by Crippen LogP contribution is 2.22. The second-order valence-corrected chi connectivity index (χ2v) is 8.10. The van der Waals surface area contributed by atoms with Crippen molar-refractivity contribution in [2.75, 3.05) is 0 Å². The highest BCUT2D eigenvalue weighted by atomic mass is 32.2. The third-order valence-electron chi connectivity index (χ3n) is 3.18.